The van der Waals surface area contributed by atoms with Crippen molar-refractivity contribution < 1.29 is 14.3 Å². The van der Waals surface area contributed by atoms with Crippen molar-refractivity contribution >= 4 is 12.0 Å². The predicted molar refractivity (Wildman–Crippen MR) is 60.6 cm³/mol. The number of rotatable bonds is 7. The van der Waals surface area contributed by atoms with Crippen LogP contribution in [0.2, 0.25) is 0 Å². The summed E-state index contributed by atoms with van der Waals surface area (Å²) in [7, 11) is 0. The number of hydrogen-bond acceptors (Lipinski definition) is 4. The van der Waals surface area contributed by atoms with Gasteiger partial charge in [0.05, 0.1) is 12.0 Å². The maximum Gasteiger partial charge on any atom is 0.404 e. The molecule has 0 saturated carbocycles. The van der Waals surface area contributed by atoms with E-state index in [0.29, 0.717) is 19.4 Å². The molecule has 0 aromatic rings. The first-order valence-corrected chi connectivity index (χ1v) is 5.43. The van der Waals surface area contributed by atoms with Crippen LogP contribution in [-0.4, -0.2) is 31.7 Å². The van der Waals surface area contributed by atoms with Crippen LogP contribution in [0.1, 0.15) is 26.7 Å². The van der Waals surface area contributed by atoms with Gasteiger partial charge in [-0.15, -0.1) is 0 Å². The van der Waals surface area contributed by atoms with Crippen LogP contribution in [0.5, 0.6) is 0 Å². The monoisotopic (exact) mass is 231 g/mol. The van der Waals surface area contributed by atoms with E-state index in [1.165, 1.54) is 0 Å². The highest BCUT2D eigenvalue weighted by molar-refractivity contribution is 5.82. The molecule has 0 heterocycles. The minimum Gasteiger partial charge on any atom is -0.448 e. The molecule has 6 heteroatoms. The highest BCUT2D eigenvalue weighted by Gasteiger charge is 2.32. The van der Waals surface area contributed by atoms with Gasteiger partial charge in [-0.3, -0.25) is 4.79 Å². The van der Waals surface area contributed by atoms with Crippen LogP contribution in [0.15, 0.2) is 0 Å². The van der Waals surface area contributed by atoms with Crippen LogP contribution in [0.25, 0.3) is 0 Å². The lowest BCUT2D eigenvalue weighted by atomic mass is 9.81. The maximum absolute atomic E-state index is 11.8. The average molecular weight is 231 g/mol. The maximum atomic E-state index is 11.8. The van der Waals surface area contributed by atoms with Crippen LogP contribution >= 0.6 is 0 Å². The first-order chi connectivity index (χ1) is 7.52. The van der Waals surface area contributed by atoms with Crippen LogP contribution in [0.4, 0.5) is 4.79 Å². The Morgan fingerprint density at radius 3 is 2.25 bits per heavy atom. The van der Waals surface area contributed by atoms with E-state index in [-0.39, 0.29) is 19.1 Å². The second kappa shape index (κ2) is 7.05. The number of amides is 2. The van der Waals surface area contributed by atoms with Crippen LogP contribution < -0.4 is 16.8 Å². The predicted octanol–water partition coefficient (Wildman–Crippen LogP) is -0.0370. The fourth-order valence-electron chi connectivity index (χ4n) is 1.46. The fourth-order valence-corrected chi connectivity index (χ4v) is 1.46. The number of primary amides is 1. The van der Waals surface area contributed by atoms with Crippen molar-refractivity contribution in [3.8, 4) is 0 Å². The zero-order valence-electron chi connectivity index (χ0n) is 9.91. The molecule has 0 spiro atoms. The molecule has 0 rings (SSSR count). The van der Waals surface area contributed by atoms with Gasteiger partial charge in [-0.05, 0) is 12.8 Å². The molecular formula is C10H21N3O3. The van der Waals surface area contributed by atoms with Gasteiger partial charge >= 0.3 is 6.09 Å². The van der Waals surface area contributed by atoms with Crippen molar-refractivity contribution in [3.05, 3.63) is 0 Å². The van der Waals surface area contributed by atoms with Gasteiger partial charge in [0.25, 0.3) is 0 Å². The standard InChI is InChI=1S/C10H21N3O3/c1-3-10(4-2,7-11)8(14)13-5-6-16-9(12)15/h3-7,11H2,1-2H3,(H2,12,15)(H,13,14). The van der Waals surface area contributed by atoms with E-state index < -0.39 is 11.5 Å². The molecule has 0 aromatic heterocycles. The van der Waals surface area contributed by atoms with E-state index in [1.54, 1.807) is 0 Å². The average Bonchev–Trinajstić information content (AvgIpc) is 2.27. The summed E-state index contributed by atoms with van der Waals surface area (Å²) < 4.78 is 4.50. The Hall–Kier alpha value is -1.30. The van der Waals surface area contributed by atoms with Crippen molar-refractivity contribution in [1.82, 2.24) is 5.32 Å². The minimum atomic E-state index is -0.842. The van der Waals surface area contributed by atoms with E-state index in [2.05, 4.69) is 10.1 Å². The van der Waals surface area contributed by atoms with Gasteiger partial charge in [-0.1, -0.05) is 13.8 Å². The summed E-state index contributed by atoms with van der Waals surface area (Å²) in [6, 6.07) is 0. The first kappa shape index (κ1) is 14.7. The largest absolute Gasteiger partial charge is 0.448 e. The van der Waals surface area contributed by atoms with Crippen molar-refractivity contribution in [2.75, 3.05) is 19.7 Å². The highest BCUT2D eigenvalue weighted by Crippen LogP contribution is 2.24. The molecule has 0 aliphatic heterocycles. The number of carbonyl (C=O) groups excluding carboxylic acids is 2. The third kappa shape index (κ3) is 4.06. The number of nitrogens with two attached hydrogens (primary N) is 2. The van der Waals surface area contributed by atoms with Gasteiger partial charge in [-0.25, -0.2) is 4.79 Å². The normalized spacial score (nSPS) is 10.9. The molecule has 0 bridgehead atoms. The summed E-state index contributed by atoms with van der Waals surface area (Å²) >= 11 is 0. The quantitative estimate of drug-likeness (QED) is 0.534. The zero-order chi connectivity index (χ0) is 12.6. The van der Waals surface area contributed by atoms with Gasteiger partial charge < -0.3 is 21.5 Å². The van der Waals surface area contributed by atoms with Crippen LogP contribution in [-0.2, 0) is 9.53 Å². The Kier molecular flexibility index (Phi) is 6.48. The van der Waals surface area contributed by atoms with Gasteiger partial charge in [0.1, 0.15) is 6.61 Å². The van der Waals surface area contributed by atoms with Crippen molar-refractivity contribution in [2.45, 2.75) is 26.7 Å². The molecule has 5 N–H and O–H groups in total. The Bertz CT molecular complexity index is 231. The fraction of sp³-hybridized carbons (Fsp3) is 0.800. The topological polar surface area (TPSA) is 107 Å². The van der Waals surface area contributed by atoms with E-state index in [0.717, 1.165) is 0 Å². The molecule has 0 aliphatic rings. The van der Waals surface area contributed by atoms with Crippen LogP contribution in [0, 0.1) is 5.41 Å². The van der Waals surface area contributed by atoms with E-state index in [1.807, 2.05) is 13.8 Å². The number of nitrogens with one attached hydrogen (secondary N) is 1. The summed E-state index contributed by atoms with van der Waals surface area (Å²) in [5, 5.41) is 2.68. The third-order valence-electron chi connectivity index (χ3n) is 2.86. The zero-order valence-corrected chi connectivity index (χ0v) is 9.91. The lowest BCUT2D eigenvalue weighted by Crippen LogP contribution is -2.46. The van der Waals surface area contributed by atoms with Gasteiger partial charge in [0.2, 0.25) is 5.91 Å². The molecular weight excluding hydrogens is 210 g/mol. The van der Waals surface area contributed by atoms with E-state index >= 15 is 0 Å². The van der Waals surface area contributed by atoms with Gasteiger partial charge in [0.15, 0.2) is 0 Å². The molecule has 0 atom stereocenters. The smallest absolute Gasteiger partial charge is 0.404 e. The van der Waals surface area contributed by atoms with Gasteiger partial charge in [-0.2, -0.15) is 0 Å². The van der Waals surface area contributed by atoms with Crippen LogP contribution in [0.3, 0.4) is 0 Å². The summed E-state index contributed by atoms with van der Waals surface area (Å²) in [4.78, 5) is 22.1. The van der Waals surface area contributed by atoms with E-state index in [4.69, 9.17) is 11.5 Å². The molecule has 0 aliphatic carbocycles. The Morgan fingerprint density at radius 2 is 1.88 bits per heavy atom. The molecule has 94 valence electrons. The number of hydrogen-bond donors (Lipinski definition) is 3. The van der Waals surface area contributed by atoms with E-state index in [9.17, 15) is 9.59 Å². The molecule has 2 amide bonds. The van der Waals surface area contributed by atoms with Crippen molar-refractivity contribution in [3.63, 3.8) is 0 Å². The SMILES string of the molecule is CCC(CC)(CN)C(=O)NCCOC(N)=O. The summed E-state index contributed by atoms with van der Waals surface area (Å²) in [5.41, 5.74) is 9.87. The summed E-state index contributed by atoms with van der Waals surface area (Å²) in [6.45, 7) is 4.49. The lowest BCUT2D eigenvalue weighted by molar-refractivity contribution is -0.131. The molecule has 0 aromatic carbocycles. The Balaban J connectivity index is 4.07. The Labute approximate surface area is 95.7 Å². The Morgan fingerprint density at radius 1 is 1.31 bits per heavy atom. The van der Waals surface area contributed by atoms with Crippen molar-refractivity contribution in [2.24, 2.45) is 16.9 Å². The first-order valence-electron chi connectivity index (χ1n) is 5.43. The molecule has 16 heavy (non-hydrogen) atoms. The number of carbonyl (C=O) groups is 2. The minimum absolute atomic E-state index is 0.0785. The highest BCUT2D eigenvalue weighted by atomic mass is 16.5. The second-order valence-electron chi connectivity index (χ2n) is 3.61. The molecule has 0 saturated heterocycles. The summed E-state index contributed by atoms with van der Waals surface area (Å²) in [6.07, 6.45) is 0.524. The second-order valence-corrected chi connectivity index (χ2v) is 3.61. The number of ether oxygens (including phenoxy) is 1. The molecule has 0 unspecified atom stereocenters. The van der Waals surface area contributed by atoms with Crippen molar-refractivity contribution in [1.29, 1.82) is 0 Å². The molecule has 6 nitrogen and oxygen atoms in total. The lowest BCUT2D eigenvalue weighted by Gasteiger charge is -2.28. The third-order valence-corrected chi connectivity index (χ3v) is 2.86. The van der Waals surface area contributed by atoms with Gasteiger partial charge in [0, 0.05) is 6.54 Å². The molecule has 0 fully saturated rings. The summed E-state index contributed by atoms with van der Waals surface area (Å²) in [5.74, 6) is -0.104. The molecule has 0 radical (unpaired) electrons.